The molecule has 1 aliphatic rings. The van der Waals surface area contributed by atoms with E-state index < -0.39 is 16.2 Å². The largest absolute Gasteiger partial charge is 0.497 e. The summed E-state index contributed by atoms with van der Waals surface area (Å²) in [7, 11) is -2.25. The number of aliphatic imine (C=N–C) groups is 1. The van der Waals surface area contributed by atoms with Gasteiger partial charge in [-0.1, -0.05) is 6.42 Å². The first kappa shape index (κ1) is 18.0. The van der Waals surface area contributed by atoms with Crippen molar-refractivity contribution in [3.63, 3.8) is 0 Å². The van der Waals surface area contributed by atoms with Gasteiger partial charge in [-0.05, 0) is 37.1 Å². The van der Waals surface area contributed by atoms with Crippen molar-refractivity contribution in [3.8, 4) is 5.75 Å². The molecule has 0 atom stereocenters. The molecule has 0 aromatic heterocycles. The highest BCUT2D eigenvalue weighted by atomic mass is 32.2. The van der Waals surface area contributed by atoms with Crippen LogP contribution >= 0.6 is 0 Å². The predicted octanol–water partition coefficient (Wildman–Crippen LogP) is 0.467. The van der Waals surface area contributed by atoms with Crippen molar-refractivity contribution in [1.29, 1.82) is 0 Å². The third kappa shape index (κ3) is 5.10. The molecule has 1 aromatic carbocycles. The van der Waals surface area contributed by atoms with Crippen LogP contribution in [-0.2, 0) is 10.2 Å². The smallest absolute Gasteiger partial charge is 0.325 e. The lowest BCUT2D eigenvalue weighted by Gasteiger charge is -2.23. The highest BCUT2D eigenvalue weighted by Gasteiger charge is 2.23. The molecule has 0 spiro atoms. The van der Waals surface area contributed by atoms with Crippen LogP contribution in [0.2, 0.25) is 0 Å². The summed E-state index contributed by atoms with van der Waals surface area (Å²) in [5.41, 5.74) is 12.0. The molecule has 9 nitrogen and oxygen atoms in total. The Hall–Kier alpha value is -2.33. The lowest BCUT2D eigenvalue weighted by atomic mass is 10.2. The molecule has 5 N–H and O–H groups in total. The van der Waals surface area contributed by atoms with Gasteiger partial charge in [-0.2, -0.15) is 17.7 Å². The Bertz CT molecular complexity index is 709. The summed E-state index contributed by atoms with van der Waals surface area (Å²) in [4.78, 5) is 3.77. The summed E-state index contributed by atoms with van der Waals surface area (Å²) in [6.45, 7) is 0.894. The fourth-order valence-electron chi connectivity index (χ4n) is 2.27. The van der Waals surface area contributed by atoms with Crippen LogP contribution in [0.5, 0.6) is 5.75 Å². The number of guanidine groups is 2. The Morgan fingerprint density at radius 3 is 2.38 bits per heavy atom. The summed E-state index contributed by atoms with van der Waals surface area (Å²) < 4.78 is 34.1. The quantitative estimate of drug-likeness (QED) is 0.531. The first-order chi connectivity index (χ1) is 11.4. The molecule has 1 aliphatic heterocycles. The van der Waals surface area contributed by atoms with E-state index in [9.17, 15) is 8.42 Å². The molecule has 1 fully saturated rings. The number of benzene rings is 1. The predicted molar refractivity (Wildman–Crippen MR) is 94.2 cm³/mol. The molecule has 24 heavy (non-hydrogen) atoms. The number of nitrogens with two attached hydrogens (primary N) is 2. The van der Waals surface area contributed by atoms with Crippen molar-refractivity contribution in [2.24, 2.45) is 20.9 Å². The van der Waals surface area contributed by atoms with E-state index in [1.54, 1.807) is 31.4 Å². The second-order valence-electron chi connectivity index (χ2n) is 5.24. The summed E-state index contributed by atoms with van der Waals surface area (Å²) >= 11 is 0. The number of methoxy groups -OCH3 is 1. The zero-order valence-corrected chi connectivity index (χ0v) is 14.3. The van der Waals surface area contributed by atoms with E-state index >= 15 is 0 Å². The normalized spacial score (nSPS) is 17.5. The maximum Gasteiger partial charge on any atom is 0.325 e. The number of hydrogen-bond acceptors (Lipinski definition) is 3. The molecule has 1 heterocycles. The van der Waals surface area contributed by atoms with E-state index in [0.29, 0.717) is 24.5 Å². The van der Waals surface area contributed by atoms with Gasteiger partial charge >= 0.3 is 10.2 Å². The fourth-order valence-corrected chi connectivity index (χ4v) is 3.38. The van der Waals surface area contributed by atoms with E-state index in [0.717, 1.165) is 19.3 Å². The van der Waals surface area contributed by atoms with Gasteiger partial charge in [-0.3, -0.25) is 0 Å². The van der Waals surface area contributed by atoms with E-state index in [-0.39, 0.29) is 5.96 Å². The van der Waals surface area contributed by atoms with Crippen molar-refractivity contribution in [3.05, 3.63) is 24.3 Å². The number of rotatable bonds is 4. The zero-order valence-electron chi connectivity index (χ0n) is 13.5. The third-order valence-electron chi connectivity index (χ3n) is 3.45. The highest BCUT2D eigenvalue weighted by Crippen LogP contribution is 2.15. The van der Waals surface area contributed by atoms with Crippen LogP contribution < -0.4 is 21.5 Å². The number of hydrogen-bond donors (Lipinski definition) is 3. The van der Waals surface area contributed by atoms with Gasteiger partial charge < -0.3 is 21.5 Å². The molecule has 132 valence electrons. The molecule has 2 rings (SSSR count). The number of nitrogens with one attached hydrogen (secondary N) is 1. The van der Waals surface area contributed by atoms with Crippen molar-refractivity contribution in [1.82, 2.24) is 4.31 Å². The van der Waals surface area contributed by atoms with Gasteiger partial charge in [-0.25, -0.2) is 0 Å². The van der Waals surface area contributed by atoms with E-state index in [1.165, 1.54) is 4.31 Å². The minimum absolute atomic E-state index is 0.0599. The van der Waals surface area contributed by atoms with Gasteiger partial charge in [0.15, 0.2) is 0 Å². The second-order valence-corrected chi connectivity index (χ2v) is 6.83. The Labute approximate surface area is 141 Å². The number of piperidine rings is 1. The molecule has 1 saturated heterocycles. The van der Waals surface area contributed by atoms with Crippen LogP contribution in [0.3, 0.4) is 0 Å². The SMILES string of the molecule is COc1ccc(N/C(N)=N/C(N)=N/S(=O)(=O)N2CCCCC2)cc1. The van der Waals surface area contributed by atoms with Gasteiger partial charge in [0.25, 0.3) is 0 Å². The third-order valence-corrected chi connectivity index (χ3v) is 4.88. The molecule has 1 aromatic rings. The Morgan fingerprint density at radius 2 is 1.79 bits per heavy atom. The highest BCUT2D eigenvalue weighted by molar-refractivity contribution is 7.87. The van der Waals surface area contributed by atoms with Crippen LogP contribution in [0.4, 0.5) is 5.69 Å². The molecule has 0 saturated carbocycles. The van der Waals surface area contributed by atoms with Crippen LogP contribution in [0.15, 0.2) is 33.7 Å². The van der Waals surface area contributed by atoms with Gasteiger partial charge in [0.2, 0.25) is 11.9 Å². The average molecular weight is 354 g/mol. The molecule has 10 heteroatoms. The lowest BCUT2D eigenvalue weighted by molar-refractivity contribution is 0.347. The molecule has 0 unspecified atom stereocenters. The summed E-state index contributed by atoms with van der Waals surface area (Å²) in [5, 5.41) is 2.79. The van der Waals surface area contributed by atoms with Gasteiger partial charge in [-0.15, -0.1) is 4.40 Å². The first-order valence-corrected chi connectivity index (χ1v) is 8.91. The van der Waals surface area contributed by atoms with Gasteiger partial charge in [0.1, 0.15) is 5.75 Å². The van der Waals surface area contributed by atoms with Crippen molar-refractivity contribution >= 4 is 27.8 Å². The molecular formula is C14H22N6O3S. The van der Waals surface area contributed by atoms with Gasteiger partial charge in [0, 0.05) is 18.8 Å². The Balaban J connectivity index is 2.04. The molecule has 0 radical (unpaired) electrons. The summed E-state index contributed by atoms with van der Waals surface area (Å²) in [6.07, 6.45) is 2.65. The molecule has 0 amide bonds. The first-order valence-electron chi connectivity index (χ1n) is 7.51. The monoisotopic (exact) mass is 354 g/mol. The maximum atomic E-state index is 12.1. The van der Waals surface area contributed by atoms with Crippen LogP contribution in [0.25, 0.3) is 0 Å². The second kappa shape index (κ2) is 7.97. The molecule has 0 bridgehead atoms. The lowest BCUT2D eigenvalue weighted by Crippen LogP contribution is -2.35. The molecule has 0 aliphatic carbocycles. The van der Waals surface area contributed by atoms with E-state index in [2.05, 4.69) is 14.7 Å². The van der Waals surface area contributed by atoms with Crippen LogP contribution in [-0.4, -0.2) is 44.8 Å². The van der Waals surface area contributed by atoms with Crippen molar-refractivity contribution in [2.75, 3.05) is 25.5 Å². The standard InChI is InChI=1S/C14H22N6O3S/c1-23-12-7-5-11(6-8-12)17-13(15)18-14(16)19-24(21,22)20-9-3-2-4-10-20/h5-8H,2-4,9-10H2,1H3,(H5,15,16,17,18,19). The van der Waals surface area contributed by atoms with Crippen molar-refractivity contribution in [2.45, 2.75) is 19.3 Å². The van der Waals surface area contributed by atoms with Crippen molar-refractivity contribution < 1.29 is 13.2 Å². The fraction of sp³-hybridized carbons (Fsp3) is 0.429. The van der Waals surface area contributed by atoms with Crippen LogP contribution in [0.1, 0.15) is 19.3 Å². The number of nitrogens with zero attached hydrogens (tertiary/aromatic N) is 3. The summed E-state index contributed by atoms with van der Waals surface area (Å²) in [5.74, 6) is 0.221. The maximum absolute atomic E-state index is 12.1. The van der Waals surface area contributed by atoms with Gasteiger partial charge in [0.05, 0.1) is 7.11 Å². The zero-order chi connectivity index (χ0) is 17.6. The average Bonchev–Trinajstić information content (AvgIpc) is 2.55. The Kier molecular flexibility index (Phi) is 5.99. The number of anilines is 1. The van der Waals surface area contributed by atoms with E-state index in [4.69, 9.17) is 16.2 Å². The van der Waals surface area contributed by atoms with E-state index in [1.807, 2.05) is 0 Å². The Morgan fingerprint density at radius 1 is 1.17 bits per heavy atom. The number of ether oxygens (including phenoxy) is 1. The topological polar surface area (TPSA) is 135 Å². The minimum Gasteiger partial charge on any atom is -0.497 e. The van der Waals surface area contributed by atoms with Crippen LogP contribution in [0, 0.1) is 0 Å². The minimum atomic E-state index is -3.82. The summed E-state index contributed by atoms with van der Waals surface area (Å²) in [6, 6.07) is 6.96. The molecular weight excluding hydrogens is 332 g/mol.